The Hall–Kier alpha value is -1.90. The molecule has 0 atom stereocenters. The summed E-state index contributed by atoms with van der Waals surface area (Å²) < 4.78 is 0. The van der Waals surface area contributed by atoms with E-state index in [0.29, 0.717) is 12.2 Å². The zero-order valence-corrected chi connectivity index (χ0v) is 8.23. The first kappa shape index (κ1) is 9.65. The van der Waals surface area contributed by atoms with Crippen LogP contribution in [0.15, 0.2) is 36.4 Å². The molecule has 0 fully saturated rings. The molecule has 1 aromatic heterocycles. The minimum absolute atomic E-state index is 0.184. The predicted octanol–water partition coefficient (Wildman–Crippen LogP) is 1.80. The lowest BCUT2D eigenvalue weighted by Crippen LogP contribution is -2.23. The molecule has 0 aliphatic heterocycles. The molecule has 1 radical (unpaired) electrons. The van der Waals surface area contributed by atoms with E-state index in [-0.39, 0.29) is 5.91 Å². The molecule has 0 unspecified atom stereocenters. The van der Waals surface area contributed by atoms with Crippen molar-refractivity contribution in [3.05, 3.63) is 49.0 Å². The van der Waals surface area contributed by atoms with Gasteiger partial charge < -0.3 is 5.32 Å². The topological polar surface area (TPSA) is 42.0 Å². The number of nitrogens with one attached hydrogen (secondary N) is 1. The maximum absolute atomic E-state index is 11.5. The van der Waals surface area contributed by atoms with Gasteiger partial charge in [0.05, 0.1) is 5.52 Å². The van der Waals surface area contributed by atoms with Crippen LogP contribution < -0.4 is 5.32 Å². The van der Waals surface area contributed by atoms with E-state index < -0.39 is 0 Å². The Morgan fingerprint density at radius 2 is 2.07 bits per heavy atom. The largest absolute Gasteiger partial charge is 0.351 e. The van der Waals surface area contributed by atoms with Crippen molar-refractivity contribution < 1.29 is 4.79 Å². The van der Waals surface area contributed by atoms with Crippen molar-refractivity contribution in [2.45, 2.75) is 0 Å². The third kappa shape index (κ3) is 1.96. The number of aromatic nitrogens is 1. The maximum atomic E-state index is 11.5. The summed E-state index contributed by atoms with van der Waals surface area (Å²) in [7, 11) is 0. The second-order valence-electron chi connectivity index (χ2n) is 3.15. The molecule has 75 valence electrons. The van der Waals surface area contributed by atoms with Crippen LogP contribution in [0.3, 0.4) is 0 Å². The number of carbonyl (C=O) groups is 1. The Morgan fingerprint density at radius 1 is 1.27 bits per heavy atom. The second-order valence-corrected chi connectivity index (χ2v) is 3.15. The third-order valence-corrected chi connectivity index (χ3v) is 2.12. The van der Waals surface area contributed by atoms with Crippen LogP contribution in [0.25, 0.3) is 10.9 Å². The van der Waals surface area contributed by atoms with Crippen molar-refractivity contribution in [2.24, 2.45) is 0 Å². The van der Waals surface area contributed by atoms with Crippen molar-refractivity contribution in [2.75, 3.05) is 6.54 Å². The van der Waals surface area contributed by atoms with E-state index >= 15 is 0 Å². The lowest BCUT2D eigenvalue weighted by Gasteiger charge is -2.02. The highest BCUT2D eigenvalue weighted by molar-refractivity contribution is 5.94. The maximum Gasteiger partial charge on any atom is 0.269 e. The summed E-state index contributed by atoms with van der Waals surface area (Å²) in [6, 6.07) is 11.3. The van der Waals surface area contributed by atoms with E-state index in [2.05, 4.69) is 17.2 Å². The molecule has 2 rings (SSSR count). The summed E-state index contributed by atoms with van der Waals surface area (Å²) in [5.41, 5.74) is 1.26. The van der Waals surface area contributed by atoms with E-state index in [0.717, 1.165) is 10.9 Å². The molecule has 0 saturated heterocycles. The van der Waals surface area contributed by atoms with Gasteiger partial charge in [0.15, 0.2) is 0 Å². The summed E-state index contributed by atoms with van der Waals surface area (Å²) in [6.07, 6.45) is 0. The number of hydrogen-bond donors (Lipinski definition) is 1. The van der Waals surface area contributed by atoms with Crippen molar-refractivity contribution in [1.82, 2.24) is 10.3 Å². The summed E-state index contributed by atoms with van der Waals surface area (Å²) >= 11 is 0. The average molecular weight is 199 g/mol. The van der Waals surface area contributed by atoms with Crippen LogP contribution in [-0.4, -0.2) is 17.4 Å². The van der Waals surface area contributed by atoms with Crippen LogP contribution in [0.4, 0.5) is 0 Å². The van der Waals surface area contributed by atoms with Crippen LogP contribution in [0.2, 0.25) is 0 Å². The molecule has 1 amide bonds. The van der Waals surface area contributed by atoms with Crippen molar-refractivity contribution in [3.8, 4) is 0 Å². The van der Waals surface area contributed by atoms with E-state index in [9.17, 15) is 4.79 Å². The van der Waals surface area contributed by atoms with Gasteiger partial charge in [0.2, 0.25) is 0 Å². The molecule has 1 N–H and O–H groups in total. The molecule has 15 heavy (non-hydrogen) atoms. The Morgan fingerprint density at radius 3 is 2.87 bits per heavy atom. The van der Waals surface area contributed by atoms with Crippen LogP contribution in [0.1, 0.15) is 10.5 Å². The number of amides is 1. The molecule has 0 saturated carbocycles. The quantitative estimate of drug-likeness (QED) is 0.801. The van der Waals surface area contributed by atoms with E-state index in [4.69, 9.17) is 0 Å². The molecule has 3 nitrogen and oxygen atoms in total. The summed E-state index contributed by atoms with van der Waals surface area (Å²) in [6.45, 7) is 3.92. The highest BCUT2D eigenvalue weighted by atomic mass is 16.1. The van der Waals surface area contributed by atoms with Crippen LogP contribution in [0.5, 0.6) is 0 Å². The fourth-order valence-electron chi connectivity index (χ4n) is 1.40. The van der Waals surface area contributed by atoms with Gasteiger partial charge >= 0.3 is 0 Å². The molecule has 1 aromatic carbocycles. The van der Waals surface area contributed by atoms with Gasteiger partial charge in [-0.2, -0.15) is 0 Å². The van der Waals surface area contributed by atoms with Crippen LogP contribution in [0, 0.1) is 6.92 Å². The molecular formula is C12H11N2O. The molecular weight excluding hydrogens is 188 g/mol. The number of pyridine rings is 1. The van der Waals surface area contributed by atoms with E-state index in [1.54, 1.807) is 6.07 Å². The molecule has 0 spiro atoms. The second kappa shape index (κ2) is 4.09. The van der Waals surface area contributed by atoms with Gasteiger partial charge in [-0.25, -0.2) is 4.98 Å². The minimum atomic E-state index is -0.184. The zero-order valence-electron chi connectivity index (χ0n) is 8.23. The van der Waals surface area contributed by atoms with Crippen LogP contribution in [-0.2, 0) is 0 Å². The standard InChI is InChI=1S/C12H11N2O/c1-2-13-12(15)11-8-7-9-5-3-4-6-10(9)14-11/h3-8H,1-2H2,(H,13,15). The van der Waals surface area contributed by atoms with E-state index in [1.165, 1.54) is 0 Å². The van der Waals surface area contributed by atoms with Gasteiger partial charge in [-0.1, -0.05) is 24.3 Å². The lowest BCUT2D eigenvalue weighted by atomic mass is 10.2. The first-order valence-corrected chi connectivity index (χ1v) is 4.74. The summed E-state index contributed by atoms with van der Waals surface area (Å²) in [5.74, 6) is -0.184. The predicted molar refractivity (Wildman–Crippen MR) is 59.4 cm³/mol. The van der Waals surface area contributed by atoms with Crippen molar-refractivity contribution >= 4 is 16.8 Å². The van der Waals surface area contributed by atoms with Crippen LogP contribution >= 0.6 is 0 Å². The number of nitrogens with zero attached hydrogens (tertiary/aromatic N) is 1. The van der Waals surface area contributed by atoms with Gasteiger partial charge in [0.1, 0.15) is 5.69 Å². The lowest BCUT2D eigenvalue weighted by molar-refractivity contribution is 0.0953. The van der Waals surface area contributed by atoms with Gasteiger partial charge in [0.25, 0.3) is 5.91 Å². The monoisotopic (exact) mass is 199 g/mol. The average Bonchev–Trinajstić information content (AvgIpc) is 2.29. The molecule has 0 aliphatic rings. The Labute approximate surface area is 88.1 Å². The fraction of sp³-hybridized carbons (Fsp3) is 0.0833. The van der Waals surface area contributed by atoms with Gasteiger partial charge in [0, 0.05) is 11.9 Å². The smallest absolute Gasteiger partial charge is 0.269 e. The molecule has 0 aliphatic carbocycles. The molecule has 0 bridgehead atoms. The minimum Gasteiger partial charge on any atom is -0.351 e. The van der Waals surface area contributed by atoms with Gasteiger partial charge in [-0.15, -0.1) is 0 Å². The van der Waals surface area contributed by atoms with Gasteiger partial charge in [-0.05, 0) is 19.1 Å². The van der Waals surface area contributed by atoms with E-state index in [1.807, 2.05) is 30.3 Å². The number of carbonyl (C=O) groups excluding carboxylic acids is 1. The zero-order chi connectivity index (χ0) is 10.7. The molecule has 3 heteroatoms. The van der Waals surface area contributed by atoms with Crippen molar-refractivity contribution in [1.29, 1.82) is 0 Å². The Balaban J connectivity index is 2.42. The number of benzene rings is 1. The number of para-hydroxylation sites is 1. The summed E-state index contributed by atoms with van der Waals surface area (Å²) in [4.78, 5) is 15.7. The highest BCUT2D eigenvalue weighted by Gasteiger charge is 2.05. The highest BCUT2D eigenvalue weighted by Crippen LogP contribution is 2.11. The molecule has 1 heterocycles. The number of hydrogen-bond acceptors (Lipinski definition) is 2. The van der Waals surface area contributed by atoms with Gasteiger partial charge in [-0.3, -0.25) is 4.79 Å². The Bertz CT molecular complexity index is 494. The normalized spacial score (nSPS) is 10.2. The third-order valence-electron chi connectivity index (χ3n) is 2.12. The number of fused-ring (bicyclic) bond motifs is 1. The number of rotatable bonds is 2. The molecule has 2 aromatic rings. The fourth-order valence-corrected chi connectivity index (χ4v) is 1.40. The summed E-state index contributed by atoms with van der Waals surface area (Å²) in [5, 5.41) is 3.65. The van der Waals surface area contributed by atoms with Crippen molar-refractivity contribution in [3.63, 3.8) is 0 Å². The first-order valence-electron chi connectivity index (χ1n) is 4.74. The first-order chi connectivity index (χ1) is 7.31. The Kier molecular flexibility index (Phi) is 2.63. The SMILES string of the molecule is [CH2]CNC(=O)c1ccc2ccccc2n1.